The topological polar surface area (TPSA) is 20.2 Å². The molecule has 1 heteroatoms. The molecule has 0 spiro atoms. The predicted molar refractivity (Wildman–Crippen MR) is 52.0 cm³/mol. The second-order valence-corrected chi connectivity index (χ2v) is 4.41. The first-order valence-electron chi connectivity index (χ1n) is 4.91. The second-order valence-electron chi connectivity index (χ2n) is 4.41. The fourth-order valence-electron chi connectivity index (χ4n) is 1.91. The molecule has 0 aliphatic heterocycles. The normalized spacial score (nSPS) is 27.3. The molecule has 1 unspecified atom stereocenters. The minimum Gasteiger partial charge on any atom is -0.396 e. The van der Waals surface area contributed by atoms with Gasteiger partial charge >= 0.3 is 0 Å². The standard InChI is InChI=1S/C11H20O/c1-4-5-9(6-7-12)10-8-11(10,2)3/h5,10,12H,4,6-8H2,1-3H3. The Kier molecular flexibility index (Phi) is 2.94. The molecule has 1 fully saturated rings. The Labute approximate surface area is 75.5 Å². The summed E-state index contributed by atoms with van der Waals surface area (Å²) >= 11 is 0. The average Bonchev–Trinajstić information content (AvgIpc) is 2.60. The van der Waals surface area contributed by atoms with Gasteiger partial charge in [0.1, 0.15) is 0 Å². The van der Waals surface area contributed by atoms with E-state index >= 15 is 0 Å². The lowest BCUT2D eigenvalue weighted by molar-refractivity contribution is 0.296. The zero-order chi connectivity index (χ0) is 9.19. The zero-order valence-corrected chi connectivity index (χ0v) is 8.43. The lowest BCUT2D eigenvalue weighted by Gasteiger charge is -2.07. The molecule has 1 atom stereocenters. The highest BCUT2D eigenvalue weighted by Crippen LogP contribution is 2.56. The van der Waals surface area contributed by atoms with Gasteiger partial charge in [0.25, 0.3) is 0 Å². The van der Waals surface area contributed by atoms with Gasteiger partial charge in [-0.3, -0.25) is 0 Å². The molecule has 1 rings (SSSR count). The minimum atomic E-state index is 0.304. The molecule has 0 amide bonds. The maximum atomic E-state index is 8.87. The summed E-state index contributed by atoms with van der Waals surface area (Å²) in [4.78, 5) is 0. The predicted octanol–water partition coefficient (Wildman–Crippen LogP) is 2.75. The van der Waals surface area contributed by atoms with Gasteiger partial charge in [0.2, 0.25) is 0 Å². The fraction of sp³-hybridized carbons (Fsp3) is 0.818. The molecule has 0 saturated heterocycles. The van der Waals surface area contributed by atoms with Crippen LogP contribution in [0.5, 0.6) is 0 Å². The van der Waals surface area contributed by atoms with E-state index in [1.54, 1.807) is 0 Å². The Hall–Kier alpha value is -0.300. The maximum absolute atomic E-state index is 8.87. The summed E-state index contributed by atoms with van der Waals surface area (Å²) in [6.07, 6.45) is 5.57. The van der Waals surface area contributed by atoms with E-state index in [0.29, 0.717) is 12.0 Å². The summed E-state index contributed by atoms with van der Waals surface area (Å²) in [5.74, 6) is 0.754. The largest absolute Gasteiger partial charge is 0.396 e. The van der Waals surface area contributed by atoms with Gasteiger partial charge in [0.15, 0.2) is 0 Å². The van der Waals surface area contributed by atoms with Gasteiger partial charge in [-0.25, -0.2) is 0 Å². The van der Waals surface area contributed by atoms with E-state index in [1.807, 2.05) is 0 Å². The molecule has 12 heavy (non-hydrogen) atoms. The van der Waals surface area contributed by atoms with Crippen LogP contribution in [-0.2, 0) is 0 Å². The lowest BCUT2D eigenvalue weighted by Crippen LogP contribution is -1.97. The Balaban J connectivity index is 2.51. The molecular weight excluding hydrogens is 148 g/mol. The highest BCUT2D eigenvalue weighted by atomic mass is 16.2. The molecule has 0 bridgehead atoms. The van der Waals surface area contributed by atoms with Crippen LogP contribution in [0.25, 0.3) is 0 Å². The van der Waals surface area contributed by atoms with Gasteiger partial charge < -0.3 is 5.11 Å². The van der Waals surface area contributed by atoms with E-state index in [4.69, 9.17) is 5.11 Å². The summed E-state index contributed by atoms with van der Waals surface area (Å²) in [7, 11) is 0. The first-order chi connectivity index (χ1) is 5.61. The van der Waals surface area contributed by atoms with E-state index in [9.17, 15) is 0 Å². The molecule has 0 aromatic heterocycles. The van der Waals surface area contributed by atoms with Gasteiger partial charge in [-0.05, 0) is 30.6 Å². The van der Waals surface area contributed by atoms with Crippen molar-refractivity contribution in [1.29, 1.82) is 0 Å². The third kappa shape index (κ3) is 2.10. The van der Waals surface area contributed by atoms with Crippen molar-refractivity contribution in [3.05, 3.63) is 11.6 Å². The highest BCUT2D eigenvalue weighted by molar-refractivity contribution is 5.19. The van der Waals surface area contributed by atoms with E-state index in [1.165, 1.54) is 12.0 Å². The fourth-order valence-corrected chi connectivity index (χ4v) is 1.91. The molecule has 1 aliphatic rings. The van der Waals surface area contributed by atoms with Crippen molar-refractivity contribution in [2.75, 3.05) is 6.61 Å². The summed E-state index contributed by atoms with van der Waals surface area (Å²) in [6, 6.07) is 0. The van der Waals surface area contributed by atoms with Crippen molar-refractivity contribution in [3.8, 4) is 0 Å². The number of hydrogen-bond acceptors (Lipinski definition) is 1. The summed E-state index contributed by atoms with van der Waals surface area (Å²) in [5, 5.41) is 8.87. The van der Waals surface area contributed by atoms with Crippen LogP contribution >= 0.6 is 0 Å². The van der Waals surface area contributed by atoms with Gasteiger partial charge in [0.05, 0.1) is 0 Å². The van der Waals surface area contributed by atoms with Crippen LogP contribution in [0.4, 0.5) is 0 Å². The molecular formula is C11H20O. The van der Waals surface area contributed by atoms with Crippen LogP contribution in [0.15, 0.2) is 11.6 Å². The molecule has 1 saturated carbocycles. The lowest BCUT2D eigenvalue weighted by atomic mass is 10.00. The van der Waals surface area contributed by atoms with Crippen LogP contribution in [0.1, 0.15) is 40.0 Å². The van der Waals surface area contributed by atoms with Crippen molar-refractivity contribution in [3.63, 3.8) is 0 Å². The molecule has 0 aromatic rings. The molecule has 1 nitrogen and oxygen atoms in total. The van der Waals surface area contributed by atoms with Crippen molar-refractivity contribution in [2.24, 2.45) is 11.3 Å². The van der Waals surface area contributed by atoms with Gasteiger partial charge in [-0.1, -0.05) is 32.4 Å². The average molecular weight is 168 g/mol. The van der Waals surface area contributed by atoms with E-state index in [2.05, 4.69) is 26.8 Å². The SMILES string of the molecule is CCC=C(CCO)C1CC1(C)C. The monoisotopic (exact) mass is 168 g/mol. The van der Waals surface area contributed by atoms with Crippen LogP contribution in [0.3, 0.4) is 0 Å². The number of aliphatic hydroxyl groups excluding tert-OH is 1. The Morgan fingerprint density at radius 3 is 2.50 bits per heavy atom. The van der Waals surface area contributed by atoms with Crippen molar-refractivity contribution >= 4 is 0 Å². The molecule has 1 N–H and O–H groups in total. The van der Waals surface area contributed by atoms with Crippen molar-refractivity contribution in [1.82, 2.24) is 0 Å². The van der Waals surface area contributed by atoms with Gasteiger partial charge in [-0.2, -0.15) is 0 Å². The molecule has 0 radical (unpaired) electrons. The number of aliphatic hydroxyl groups is 1. The van der Waals surface area contributed by atoms with Crippen LogP contribution in [0, 0.1) is 11.3 Å². The number of rotatable bonds is 4. The Morgan fingerprint density at radius 2 is 2.17 bits per heavy atom. The summed E-state index contributed by atoms with van der Waals surface area (Å²) in [6.45, 7) is 7.07. The first-order valence-corrected chi connectivity index (χ1v) is 4.91. The molecule has 1 aliphatic carbocycles. The van der Waals surface area contributed by atoms with Crippen LogP contribution in [-0.4, -0.2) is 11.7 Å². The van der Waals surface area contributed by atoms with Crippen molar-refractivity contribution < 1.29 is 5.11 Å². The smallest absolute Gasteiger partial charge is 0.0468 e. The molecule has 0 heterocycles. The number of hydrogen-bond donors (Lipinski definition) is 1. The first kappa shape index (κ1) is 9.79. The summed E-state index contributed by atoms with van der Waals surface area (Å²) in [5.41, 5.74) is 1.99. The Morgan fingerprint density at radius 1 is 1.58 bits per heavy atom. The second kappa shape index (κ2) is 3.61. The summed E-state index contributed by atoms with van der Waals surface area (Å²) < 4.78 is 0. The van der Waals surface area contributed by atoms with E-state index < -0.39 is 0 Å². The third-order valence-corrected chi connectivity index (χ3v) is 2.83. The van der Waals surface area contributed by atoms with Gasteiger partial charge in [-0.15, -0.1) is 0 Å². The quantitative estimate of drug-likeness (QED) is 0.640. The van der Waals surface area contributed by atoms with E-state index in [-0.39, 0.29) is 0 Å². The molecule has 70 valence electrons. The van der Waals surface area contributed by atoms with Crippen LogP contribution in [0.2, 0.25) is 0 Å². The van der Waals surface area contributed by atoms with Crippen LogP contribution < -0.4 is 0 Å². The maximum Gasteiger partial charge on any atom is 0.0468 e. The Bertz CT molecular complexity index is 179. The zero-order valence-electron chi connectivity index (χ0n) is 8.43. The van der Waals surface area contributed by atoms with Gasteiger partial charge in [0, 0.05) is 6.61 Å². The van der Waals surface area contributed by atoms with Crippen molar-refractivity contribution in [2.45, 2.75) is 40.0 Å². The number of allylic oxidation sites excluding steroid dienone is 1. The third-order valence-electron chi connectivity index (χ3n) is 2.83. The molecule has 0 aromatic carbocycles. The minimum absolute atomic E-state index is 0.304. The van der Waals surface area contributed by atoms with E-state index in [0.717, 1.165) is 18.8 Å². The highest BCUT2D eigenvalue weighted by Gasteiger charge is 2.46.